The molecule has 1 amide bonds. The molecule has 0 bridgehead atoms. The van der Waals surface area contributed by atoms with Gasteiger partial charge >= 0.3 is 5.97 Å². The van der Waals surface area contributed by atoms with E-state index in [4.69, 9.17) is 10.5 Å². The molecular formula is C14H16N4O3. The van der Waals surface area contributed by atoms with Crippen LogP contribution in [0.1, 0.15) is 6.92 Å². The number of imidazole rings is 1. The fourth-order valence-corrected chi connectivity index (χ4v) is 1.71. The highest BCUT2D eigenvalue weighted by Gasteiger charge is 2.23. The number of nitrogens with two attached hydrogens (primary N) is 1. The van der Waals surface area contributed by atoms with Crippen molar-refractivity contribution in [1.82, 2.24) is 9.97 Å². The maximum Gasteiger partial charge on any atom is 0.332 e. The van der Waals surface area contributed by atoms with Gasteiger partial charge in [-0.3, -0.25) is 4.79 Å². The number of carbonyl (C=O) groups is 2. The standard InChI is InChI=1S/C14H16N4O3/c1-2-21-14(20)12(15)13(19)18-10-5-3-9(4-6-10)11-7-16-8-17-11/h3-8,12H,2,15H2,1H3,(H,16,17)(H,18,19). The molecule has 1 heterocycles. The summed E-state index contributed by atoms with van der Waals surface area (Å²) in [6.07, 6.45) is 3.29. The van der Waals surface area contributed by atoms with Gasteiger partial charge in [0, 0.05) is 5.69 Å². The normalized spacial score (nSPS) is 11.7. The van der Waals surface area contributed by atoms with Crippen LogP contribution in [0.5, 0.6) is 0 Å². The molecule has 0 radical (unpaired) electrons. The number of rotatable bonds is 5. The van der Waals surface area contributed by atoms with Crippen molar-refractivity contribution in [3.63, 3.8) is 0 Å². The summed E-state index contributed by atoms with van der Waals surface area (Å²) < 4.78 is 4.69. The van der Waals surface area contributed by atoms with Gasteiger partial charge in [-0.05, 0) is 24.6 Å². The van der Waals surface area contributed by atoms with E-state index < -0.39 is 17.9 Å². The predicted octanol–water partition coefficient (Wildman–Crippen LogP) is 0.906. The molecule has 2 rings (SSSR count). The van der Waals surface area contributed by atoms with Crippen molar-refractivity contribution in [1.29, 1.82) is 0 Å². The van der Waals surface area contributed by atoms with E-state index in [9.17, 15) is 9.59 Å². The summed E-state index contributed by atoms with van der Waals surface area (Å²) in [6, 6.07) is 5.73. The van der Waals surface area contributed by atoms with Crippen LogP contribution in [0.4, 0.5) is 5.69 Å². The molecule has 7 nitrogen and oxygen atoms in total. The molecule has 0 aliphatic heterocycles. The van der Waals surface area contributed by atoms with Gasteiger partial charge in [-0.15, -0.1) is 0 Å². The Balaban J connectivity index is 2.00. The number of aromatic nitrogens is 2. The quantitative estimate of drug-likeness (QED) is 0.559. The van der Waals surface area contributed by atoms with E-state index >= 15 is 0 Å². The first-order valence-corrected chi connectivity index (χ1v) is 6.43. The lowest BCUT2D eigenvalue weighted by molar-refractivity contribution is -0.146. The monoisotopic (exact) mass is 288 g/mol. The van der Waals surface area contributed by atoms with Gasteiger partial charge < -0.3 is 20.8 Å². The van der Waals surface area contributed by atoms with E-state index in [1.165, 1.54) is 0 Å². The van der Waals surface area contributed by atoms with Crippen LogP contribution in [-0.4, -0.2) is 34.5 Å². The molecule has 0 fully saturated rings. The van der Waals surface area contributed by atoms with Gasteiger partial charge in [0.25, 0.3) is 5.91 Å². The highest BCUT2D eigenvalue weighted by molar-refractivity contribution is 6.08. The van der Waals surface area contributed by atoms with Crippen LogP contribution in [-0.2, 0) is 14.3 Å². The Kier molecular flexibility index (Phi) is 4.68. The van der Waals surface area contributed by atoms with Gasteiger partial charge in [0.05, 0.1) is 24.8 Å². The van der Waals surface area contributed by atoms with E-state index in [1.54, 1.807) is 31.6 Å². The van der Waals surface area contributed by atoms with E-state index in [1.807, 2.05) is 12.1 Å². The van der Waals surface area contributed by atoms with Gasteiger partial charge in [0.1, 0.15) is 0 Å². The molecule has 1 aromatic carbocycles. The van der Waals surface area contributed by atoms with Crippen molar-refractivity contribution in [3.05, 3.63) is 36.8 Å². The number of amides is 1. The number of hydrogen-bond donors (Lipinski definition) is 3. The molecule has 21 heavy (non-hydrogen) atoms. The largest absolute Gasteiger partial charge is 0.464 e. The first-order chi connectivity index (χ1) is 10.1. The minimum absolute atomic E-state index is 0.179. The first-order valence-electron chi connectivity index (χ1n) is 6.43. The molecule has 0 aliphatic carbocycles. The van der Waals surface area contributed by atoms with Gasteiger partial charge in [-0.1, -0.05) is 12.1 Å². The number of aromatic amines is 1. The van der Waals surface area contributed by atoms with E-state index in [-0.39, 0.29) is 6.61 Å². The van der Waals surface area contributed by atoms with Crippen molar-refractivity contribution in [2.24, 2.45) is 5.73 Å². The highest BCUT2D eigenvalue weighted by Crippen LogP contribution is 2.18. The summed E-state index contributed by atoms with van der Waals surface area (Å²) in [5.74, 6) is -1.35. The number of nitrogens with zero attached hydrogens (tertiary/aromatic N) is 1. The third-order valence-corrected chi connectivity index (χ3v) is 2.78. The van der Waals surface area contributed by atoms with E-state index in [0.717, 1.165) is 11.3 Å². The van der Waals surface area contributed by atoms with Gasteiger partial charge in [-0.25, -0.2) is 9.78 Å². The molecule has 1 aromatic heterocycles. The lowest BCUT2D eigenvalue weighted by atomic mass is 10.1. The zero-order valence-corrected chi connectivity index (χ0v) is 11.5. The maximum absolute atomic E-state index is 11.8. The van der Waals surface area contributed by atoms with Gasteiger partial charge in [0.2, 0.25) is 0 Å². The Morgan fingerprint density at radius 2 is 2.10 bits per heavy atom. The Bertz CT molecular complexity index is 608. The number of H-pyrrole nitrogens is 1. The number of hydrogen-bond acceptors (Lipinski definition) is 5. The van der Waals surface area contributed by atoms with Gasteiger partial charge in [-0.2, -0.15) is 0 Å². The SMILES string of the molecule is CCOC(=O)C(N)C(=O)Nc1ccc(-c2cnc[nH]2)cc1. The molecule has 0 aliphatic rings. The molecule has 1 unspecified atom stereocenters. The Morgan fingerprint density at radius 3 is 2.67 bits per heavy atom. The molecule has 110 valence electrons. The molecule has 1 atom stereocenters. The Morgan fingerprint density at radius 1 is 1.38 bits per heavy atom. The van der Waals surface area contributed by atoms with E-state index in [2.05, 4.69) is 15.3 Å². The Hall–Kier alpha value is -2.67. The smallest absolute Gasteiger partial charge is 0.332 e. The second-order valence-electron chi connectivity index (χ2n) is 4.26. The van der Waals surface area contributed by atoms with Crippen LogP contribution >= 0.6 is 0 Å². The van der Waals surface area contributed by atoms with Crippen molar-refractivity contribution < 1.29 is 14.3 Å². The molecule has 0 saturated carbocycles. The Labute approximate surface area is 121 Å². The molecule has 7 heteroatoms. The first kappa shape index (κ1) is 14.7. The average molecular weight is 288 g/mol. The zero-order valence-electron chi connectivity index (χ0n) is 11.5. The van der Waals surface area contributed by atoms with Crippen LogP contribution in [0.25, 0.3) is 11.3 Å². The summed E-state index contributed by atoms with van der Waals surface area (Å²) in [7, 11) is 0. The minimum Gasteiger partial charge on any atom is -0.464 e. The number of nitrogens with one attached hydrogen (secondary N) is 2. The molecule has 4 N–H and O–H groups in total. The van der Waals surface area contributed by atoms with Crippen molar-refractivity contribution in [2.75, 3.05) is 11.9 Å². The highest BCUT2D eigenvalue weighted by atomic mass is 16.5. The number of benzene rings is 1. The number of anilines is 1. The maximum atomic E-state index is 11.8. The van der Waals surface area contributed by atoms with Crippen LogP contribution < -0.4 is 11.1 Å². The van der Waals surface area contributed by atoms with E-state index in [0.29, 0.717) is 5.69 Å². The van der Waals surface area contributed by atoms with Crippen LogP contribution in [0.15, 0.2) is 36.8 Å². The summed E-state index contributed by atoms with van der Waals surface area (Å²) in [5.41, 5.74) is 7.85. The van der Waals surface area contributed by atoms with Crippen molar-refractivity contribution in [2.45, 2.75) is 13.0 Å². The predicted molar refractivity (Wildman–Crippen MR) is 77.3 cm³/mol. The molecule has 2 aromatic rings. The van der Waals surface area contributed by atoms with Crippen LogP contribution in [0.3, 0.4) is 0 Å². The van der Waals surface area contributed by atoms with Crippen molar-refractivity contribution >= 4 is 17.6 Å². The fraction of sp³-hybridized carbons (Fsp3) is 0.214. The minimum atomic E-state index is -1.34. The molecule has 0 saturated heterocycles. The van der Waals surface area contributed by atoms with Crippen LogP contribution in [0, 0.1) is 0 Å². The van der Waals surface area contributed by atoms with Crippen molar-refractivity contribution in [3.8, 4) is 11.3 Å². The topological polar surface area (TPSA) is 110 Å². The average Bonchev–Trinajstić information content (AvgIpc) is 3.01. The number of ether oxygens (including phenoxy) is 1. The molecular weight excluding hydrogens is 272 g/mol. The molecule has 0 spiro atoms. The zero-order chi connectivity index (χ0) is 15.2. The summed E-state index contributed by atoms with van der Waals surface area (Å²) in [5, 5.41) is 2.56. The van der Waals surface area contributed by atoms with Crippen LogP contribution in [0.2, 0.25) is 0 Å². The second kappa shape index (κ2) is 6.67. The summed E-state index contributed by atoms with van der Waals surface area (Å²) in [6.45, 7) is 1.83. The number of carbonyl (C=O) groups excluding carboxylic acids is 2. The third kappa shape index (κ3) is 3.67. The third-order valence-electron chi connectivity index (χ3n) is 2.78. The lowest BCUT2D eigenvalue weighted by Crippen LogP contribution is -2.43. The number of esters is 1. The lowest BCUT2D eigenvalue weighted by Gasteiger charge is -2.11. The summed E-state index contributed by atoms with van der Waals surface area (Å²) >= 11 is 0. The van der Waals surface area contributed by atoms with Gasteiger partial charge in [0.15, 0.2) is 6.04 Å². The second-order valence-corrected chi connectivity index (χ2v) is 4.26. The summed E-state index contributed by atoms with van der Waals surface area (Å²) in [4.78, 5) is 30.1. The fourth-order valence-electron chi connectivity index (χ4n) is 1.71.